The van der Waals surface area contributed by atoms with Gasteiger partial charge in [0.2, 0.25) is 5.91 Å². The first-order valence-corrected chi connectivity index (χ1v) is 7.35. The van der Waals surface area contributed by atoms with E-state index in [2.05, 4.69) is 0 Å². The molecule has 1 N–H and O–H groups in total. The van der Waals surface area contributed by atoms with Crippen molar-refractivity contribution in [3.8, 4) is 0 Å². The van der Waals surface area contributed by atoms with E-state index in [0.717, 1.165) is 24.0 Å². The van der Waals surface area contributed by atoms with Crippen molar-refractivity contribution >= 4 is 11.9 Å². The zero-order chi connectivity index (χ0) is 15.0. The van der Waals surface area contributed by atoms with Gasteiger partial charge in [0.15, 0.2) is 0 Å². The van der Waals surface area contributed by atoms with E-state index in [-0.39, 0.29) is 12.5 Å². The molecule has 2 aliphatic rings. The number of benzene rings is 1. The molecule has 0 bridgehead atoms. The van der Waals surface area contributed by atoms with E-state index < -0.39 is 12.0 Å². The molecule has 5 nitrogen and oxygen atoms in total. The second-order valence-corrected chi connectivity index (χ2v) is 5.97. The fourth-order valence-corrected chi connectivity index (χ4v) is 2.94. The summed E-state index contributed by atoms with van der Waals surface area (Å²) >= 11 is 0. The first-order valence-electron chi connectivity index (χ1n) is 7.35. The lowest BCUT2D eigenvalue weighted by Gasteiger charge is -2.34. The van der Waals surface area contributed by atoms with Crippen molar-refractivity contribution in [2.45, 2.75) is 37.9 Å². The van der Waals surface area contributed by atoms with Gasteiger partial charge in [-0.15, -0.1) is 0 Å². The van der Waals surface area contributed by atoms with Gasteiger partial charge in [0, 0.05) is 19.6 Å². The zero-order valence-corrected chi connectivity index (χ0v) is 12.2. The Morgan fingerprint density at radius 1 is 1.29 bits per heavy atom. The van der Waals surface area contributed by atoms with Crippen LogP contribution < -0.4 is 0 Å². The van der Waals surface area contributed by atoms with Crippen LogP contribution in [0, 0.1) is 0 Å². The summed E-state index contributed by atoms with van der Waals surface area (Å²) in [5.74, 6) is -0.838. The van der Waals surface area contributed by atoms with Gasteiger partial charge in [0.1, 0.15) is 6.04 Å². The highest BCUT2D eigenvalue weighted by Gasteiger charge is 2.35. The average Bonchev–Trinajstić information content (AvgIpc) is 3.30. The number of hydrogen-bond acceptors (Lipinski definition) is 3. The van der Waals surface area contributed by atoms with Crippen molar-refractivity contribution in [1.82, 2.24) is 9.80 Å². The number of fused-ring (bicyclic) bond motifs is 1. The molecule has 1 fully saturated rings. The van der Waals surface area contributed by atoms with Crippen LogP contribution in [0.15, 0.2) is 24.3 Å². The predicted molar refractivity (Wildman–Crippen MR) is 77.8 cm³/mol. The third-order valence-corrected chi connectivity index (χ3v) is 4.46. The third-order valence-electron chi connectivity index (χ3n) is 4.46. The molecule has 21 heavy (non-hydrogen) atoms. The summed E-state index contributed by atoms with van der Waals surface area (Å²) in [6.45, 7) is 0.704. The molecule has 1 aliphatic carbocycles. The number of nitrogens with zero attached hydrogens (tertiary/aromatic N) is 2. The zero-order valence-electron chi connectivity index (χ0n) is 12.2. The van der Waals surface area contributed by atoms with Crippen molar-refractivity contribution in [1.29, 1.82) is 0 Å². The quantitative estimate of drug-likeness (QED) is 0.902. The van der Waals surface area contributed by atoms with E-state index in [0.29, 0.717) is 19.0 Å². The maximum absolute atomic E-state index is 12.3. The molecule has 0 spiro atoms. The van der Waals surface area contributed by atoms with Crippen LogP contribution in [0.2, 0.25) is 0 Å². The Balaban J connectivity index is 1.76. The summed E-state index contributed by atoms with van der Waals surface area (Å²) in [5, 5.41) is 9.44. The standard InChI is InChI=1S/C16H20N2O3/c1-17(13-6-7-13)15(19)10-18-9-12-5-3-2-4-11(12)8-14(18)16(20)21/h2-5,13-14H,6-10H2,1H3,(H,20,21)/t14-/m0/s1. The number of rotatable bonds is 4. The highest BCUT2D eigenvalue weighted by molar-refractivity contribution is 5.80. The monoisotopic (exact) mass is 288 g/mol. The van der Waals surface area contributed by atoms with Gasteiger partial charge in [-0.1, -0.05) is 24.3 Å². The predicted octanol–water partition coefficient (Wildman–Crippen LogP) is 1.12. The van der Waals surface area contributed by atoms with Gasteiger partial charge in [-0.05, 0) is 30.4 Å². The molecule has 0 aromatic heterocycles. The highest BCUT2D eigenvalue weighted by Crippen LogP contribution is 2.27. The highest BCUT2D eigenvalue weighted by atomic mass is 16.4. The van der Waals surface area contributed by atoms with Crippen LogP contribution in [0.5, 0.6) is 0 Å². The van der Waals surface area contributed by atoms with Crippen molar-refractivity contribution in [2.24, 2.45) is 0 Å². The van der Waals surface area contributed by atoms with Crippen molar-refractivity contribution in [2.75, 3.05) is 13.6 Å². The number of carboxylic acid groups (broad SMARTS) is 1. The molecule has 1 heterocycles. The Morgan fingerprint density at radius 3 is 2.57 bits per heavy atom. The minimum Gasteiger partial charge on any atom is -0.480 e. The van der Waals surface area contributed by atoms with Gasteiger partial charge >= 0.3 is 5.97 Å². The SMILES string of the molecule is CN(C(=O)CN1Cc2ccccc2C[C@H]1C(=O)O)C1CC1. The molecule has 112 valence electrons. The molecule has 1 aliphatic heterocycles. The Hall–Kier alpha value is -1.88. The fourth-order valence-electron chi connectivity index (χ4n) is 2.94. The summed E-state index contributed by atoms with van der Waals surface area (Å²) in [4.78, 5) is 27.3. The number of hydrogen-bond donors (Lipinski definition) is 1. The van der Waals surface area contributed by atoms with Crippen LogP contribution >= 0.6 is 0 Å². The lowest BCUT2D eigenvalue weighted by Crippen LogP contribution is -2.50. The maximum Gasteiger partial charge on any atom is 0.321 e. The molecule has 0 unspecified atom stereocenters. The number of likely N-dealkylation sites (N-methyl/N-ethyl adjacent to an activating group) is 1. The number of carbonyl (C=O) groups excluding carboxylic acids is 1. The molecule has 1 amide bonds. The Morgan fingerprint density at radius 2 is 1.95 bits per heavy atom. The summed E-state index contributed by atoms with van der Waals surface area (Å²) in [6.07, 6.45) is 2.59. The van der Waals surface area contributed by atoms with Crippen LogP contribution in [0.3, 0.4) is 0 Å². The van der Waals surface area contributed by atoms with E-state index in [9.17, 15) is 14.7 Å². The topological polar surface area (TPSA) is 60.9 Å². The summed E-state index contributed by atoms with van der Waals surface area (Å²) in [6, 6.07) is 7.61. The molecule has 1 aromatic rings. The van der Waals surface area contributed by atoms with Crippen molar-refractivity contribution in [3.05, 3.63) is 35.4 Å². The minimum absolute atomic E-state index is 0.0168. The van der Waals surface area contributed by atoms with E-state index in [1.165, 1.54) is 0 Å². The third kappa shape index (κ3) is 2.93. The summed E-state index contributed by atoms with van der Waals surface area (Å²) in [7, 11) is 1.81. The molecular formula is C16H20N2O3. The van der Waals surface area contributed by atoms with Crippen LogP contribution in [-0.2, 0) is 22.6 Å². The minimum atomic E-state index is -0.855. The van der Waals surface area contributed by atoms with Crippen molar-refractivity contribution < 1.29 is 14.7 Å². The Labute approximate surface area is 124 Å². The summed E-state index contributed by atoms with van der Waals surface area (Å²) in [5.41, 5.74) is 2.20. The van der Waals surface area contributed by atoms with Crippen LogP contribution in [0.4, 0.5) is 0 Å². The molecule has 0 radical (unpaired) electrons. The van der Waals surface area contributed by atoms with Gasteiger partial charge in [0.25, 0.3) is 0 Å². The number of carbonyl (C=O) groups is 2. The van der Waals surface area contributed by atoms with Crippen molar-refractivity contribution in [3.63, 3.8) is 0 Å². The largest absolute Gasteiger partial charge is 0.480 e. The van der Waals surface area contributed by atoms with E-state index in [1.807, 2.05) is 31.3 Å². The molecule has 3 rings (SSSR count). The summed E-state index contributed by atoms with van der Waals surface area (Å²) < 4.78 is 0. The molecule has 1 saturated carbocycles. The normalized spacial score (nSPS) is 21.7. The lowest BCUT2D eigenvalue weighted by atomic mass is 9.94. The fraction of sp³-hybridized carbons (Fsp3) is 0.500. The number of amides is 1. The lowest BCUT2D eigenvalue weighted by molar-refractivity contribution is -0.145. The van der Waals surface area contributed by atoms with Crippen LogP contribution in [-0.4, -0.2) is 52.5 Å². The first-order chi connectivity index (χ1) is 10.1. The van der Waals surface area contributed by atoms with Gasteiger partial charge in [-0.25, -0.2) is 0 Å². The average molecular weight is 288 g/mol. The Bertz CT molecular complexity index is 568. The molecular weight excluding hydrogens is 268 g/mol. The molecule has 1 aromatic carbocycles. The second-order valence-electron chi connectivity index (χ2n) is 5.97. The number of carboxylic acids is 1. The van der Waals surface area contributed by atoms with Gasteiger partial charge in [0.05, 0.1) is 6.54 Å². The van der Waals surface area contributed by atoms with Crippen LogP contribution in [0.25, 0.3) is 0 Å². The van der Waals surface area contributed by atoms with E-state index in [4.69, 9.17) is 0 Å². The second kappa shape index (κ2) is 5.48. The molecule has 5 heteroatoms. The molecule has 1 atom stereocenters. The Kier molecular flexibility index (Phi) is 3.68. The van der Waals surface area contributed by atoms with Gasteiger partial charge in [-0.3, -0.25) is 14.5 Å². The number of aliphatic carboxylic acids is 1. The van der Waals surface area contributed by atoms with E-state index in [1.54, 1.807) is 9.80 Å². The first kappa shape index (κ1) is 14.1. The van der Waals surface area contributed by atoms with Crippen LogP contribution in [0.1, 0.15) is 24.0 Å². The van der Waals surface area contributed by atoms with E-state index >= 15 is 0 Å². The molecule has 0 saturated heterocycles. The smallest absolute Gasteiger partial charge is 0.321 e. The maximum atomic E-state index is 12.3. The van der Waals surface area contributed by atoms with Gasteiger partial charge in [-0.2, -0.15) is 0 Å². The van der Waals surface area contributed by atoms with Gasteiger partial charge < -0.3 is 10.0 Å².